The van der Waals surface area contributed by atoms with Crippen molar-refractivity contribution < 1.29 is 14.7 Å². The Hall–Kier alpha value is -1.75. The minimum Gasteiger partial charge on any atom is -0.477 e. The van der Waals surface area contributed by atoms with E-state index in [2.05, 4.69) is 5.32 Å². The minimum atomic E-state index is -1.10. The lowest BCUT2D eigenvalue weighted by Crippen LogP contribution is -2.10. The van der Waals surface area contributed by atoms with Gasteiger partial charge >= 0.3 is 5.97 Å². The Labute approximate surface area is 97.4 Å². The fourth-order valence-corrected chi connectivity index (χ4v) is 1.43. The molecular weight excluding hydrogens is 226 g/mol. The van der Waals surface area contributed by atoms with Gasteiger partial charge in [0.25, 0.3) is 0 Å². The number of amides is 1. The summed E-state index contributed by atoms with van der Waals surface area (Å²) in [4.78, 5) is 22.1. The predicted octanol–water partition coefficient (Wildman–Crippen LogP) is 1.96. The number of hydrogen-bond acceptors (Lipinski definition) is 3. The molecule has 1 rings (SSSR count). The summed E-state index contributed by atoms with van der Waals surface area (Å²) < 4.78 is 0. The van der Waals surface area contributed by atoms with Crippen LogP contribution in [0.4, 0.5) is 5.69 Å². The zero-order valence-corrected chi connectivity index (χ0v) is 9.45. The monoisotopic (exact) mass is 237 g/mol. The Bertz CT molecular complexity index is 414. The quantitative estimate of drug-likeness (QED) is 0.785. The Kier molecular flexibility index (Phi) is 4.60. The van der Waals surface area contributed by atoms with E-state index in [9.17, 15) is 9.59 Å². The number of carboxylic acid groups (broad SMARTS) is 1. The van der Waals surface area contributed by atoms with Gasteiger partial charge in [-0.15, -0.1) is 11.8 Å². The highest BCUT2D eigenvalue weighted by Crippen LogP contribution is 2.12. The average molecular weight is 237 g/mol. The number of carbonyl (C=O) groups excluding carboxylic acids is 1. The van der Waals surface area contributed by atoms with Crippen LogP contribution >= 0.6 is 11.8 Å². The fraction of sp³-hybridized carbons (Fsp3) is 0.0909. The van der Waals surface area contributed by atoms with E-state index in [4.69, 9.17) is 5.11 Å². The maximum Gasteiger partial charge on any atom is 0.342 e. The van der Waals surface area contributed by atoms with E-state index in [0.29, 0.717) is 5.69 Å². The van der Waals surface area contributed by atoms with Gasteiger partial charge in [-0.3, -0.25) is 4.79 Å². The highest BCUT2D eigenvalue weighted by molar-refractivity contribution is 8.03. The standard InChI is InChI=1S/C11H11NO3S/c1-16-9(11(14)15)7-10(13)12-8-5-3-2-4-6-8/h2-7H,1H3,(H,12,13)(H,14,15)/b9-7+. The van der Waals surface area contributed by atoms with Crippen LogP contribution in [0.1, 0.15) is 0 Å². The second-order valence-corrected chi connectivity index (χ2v) is 3.72. The number of para-hydroxylation sites is 1. The van der Waals surface area contributed by atoms with Crippen LogP contribution in [-0.2, 0) is 9.59 Å². The third kappa shape index (κ3) is 3.78. The maximum atomic E-state index is 11.4. The van der Waals surface area contributed by atoms with Crippen LogP contribution in [0.25, 0.3) is 0 Å². The zero-order chi connectivity index (χ0) is 12.0. The van der Waals surface area contributed by atoms with Crippen molar-refractivity contribution in [3.8, 4) is 0 Å². The van der Waals surface area contributed by atoms with Gasteiger partial charge in [-0.25, -0.2) is 4.79 Å². The van der Waals surface area contributed by atoms with Gasteiger partial charge in [-0.05, 0) is 18.4 Å². The van der Waals surface area contributed by atoms with Crippen molar-refractivity contribution in [1.82, 2.24) is 0 Å². The van der Waals surface area contributed by atoms with Crippen molar-refractivity contribution in [3.05, 3.63) is 41.3 Å². The molecule has 1 aromatic carbocycles. The number of carboxylic acids is 1. The molecular formula is C11H11NO3S. The molecule has 0 saturated heterocycles. The van der Waals surface area contributed by atoms with Crippen LogP contribution in [-0.4, -0.2) is 23.2 Å². The summed E-state index contributed by atoms with van der Waals surface area (Å²) in [7, 11) is 0. The number of hydrogen-bond donors (Lipinski definition) is 2. The summed E-state index contributed by atoms with van der Waals surface area (Å²) in [5.41, 5.74) is 0.634. The molecule has 0 aliphatic heterocycles. The Morgan fingerprint density at radius 2 is 1.94 bits per heavy atom. The molecule has 0 radical (unpaired) electrons. The number of anilines is 1. The maximum absolute atomic E-state index is 11.4. The summed E-state index contributed by atoms with van der Waals surface area (Å²) in [5.74, 6) is -1.55. The molecule has 0 heterocycles. The predicted molar refractivity (Wildman–Crippen MR) is 64.3 cm³/mol. The molecule has 0 bridgehead atoms. The molecule has 0 aliphatic carbocycles. The van der Waals surface area contributed by atoms with Crippen LogP contribution in [0.2, 0.25) is 0 Å². The van der Waals surface area contributed by atoms with E-state index < -0.39 is 11.9 Å². The molecule has 84 valence electrons. The summed E-state index contributed by atoms with van der Waals surface area (Å²) >= 11 is 1.02. The number of aliphatic carboxylic acids is 1. The third-order valence-electron chi connectivity index (χ3n) is 1.73. The molecule has 0 saturated carbocycles. The van der Waals surface area contributed by atoms with Gasteiger partial charge in [0.15, 0.2) is 0 Å². The van der Waals surface area contributed by atoms with E-state index in [0.717, 1.165) is 17.8 Å². The second-order valence-electron chi connectivity index (χ2n) is 2.87. The summed E-state index contributed by atoms with van der Waals surface area (Å²) in [6.45, 7) is 0. The number of rotatable bonds is 4. The Morgan fingerprint density at radius 3 is 2.44 bits per heavy atom. The van der Waals surface area contributed by atoms with Crippen LogP contribution in [0, 0.1) is 0 Å². The molecule has 4 nitrogen and oxygen atoms in total. The summed E-state index contributed by atoms with van der Waals surface area (Å²) in [6.07, 6.45) is 2.68. The Morgan fingerprint density at radius 1 is 1.31 bits per heavy atom. The van der Waals surface area contributed by atoms with E-state index in [1.807, 2.05) is 6.07 Å². The number of thioether (sulfide) groups is 1. The molecule has 0 fully saturated rings. The highest BCUT2D eigenvalue weighted by atomic mass is 32.2. The van der Waals surface area contributed by atoms with Gasteiger partial charge < -0.3 is 10.4 Å². The van der Waals surface area contributed by atoms with Crippen LogP contribution in [0.15, 0.2) is 41.3 Å². The van der Waals surface area contributed by atoms with Crippen molar-refractivity contribution in [1.29, 1.82) is 0 Å². The van der Waals surface area contributed by atoms with E-state index in [1.54, 1.807) is 30.5 Å². The van der Waals surface area contributed by atoms with Crippen molar-refractivity contribution in [2.24, 2.45) is 0 Å². The first-order valence-corrected chi connectivity index (χ1v) is 5.71. The molecule has 0 aromatic heterocycles. The topological polar surface area (TPSA) is 66.4 Å². The Balaban J connectivity index is 2.70. The summed E-state index contributed by atoms with van der Waals surface area (Å²) in [6, 6.07) is 8.85. The number of carbonyl (C=O) groups is 2. The van der Waals surface area contributed by atoms with Crippen LogP contribution in [0.3, 0.4) is 0 Å². The van der Waals surface area contributed by atoms with Crippen LogP contribution in [0.5, 0.6) is 0 Å². The summed E-state index contributed by atoms with van der Waals surface area (Å²) in [5, 5.41) is 11.3. The molecule has 0 spiro atoms. The van der Waals surface area contributed by atoms with Gasteiger partial charge in [0, 0.05) is 11.8 Å². The van der Waals surface area contributed by atoms with Gasteiger partial charge in [-0.2, -0.15) is 0 Å². The molecule has 0 aliphatic rings. The lowest BCUT2D eigenvalue weighted by atomic mass is 10.3. The molecule has 5 heteroatoms. The van der Waals surface area contributed by atoms with Crippen LogP contribution < -0.4 is 5.32 Å². The molecule has 0 unspecified atom stereocenters. The van der Waals surface area contributed by atoms with Gasteiger partial charge in [0.1, 0.15) is 0 Å². The fourth-order valence-electron chi connectivity index (χ4n) is 1.03. The lowest BCUT2D eigenvalue weighted by molar-refractivity contribution is -0.132. The SMILES string of the molecule is CS/C(=C/C(=O)Nc1ccccc1)C(=O)O. The van der Waals surface area contributed by atoms with Gasteiger partial charge in [-0.1, -0.05) is 18.2 Å². The normalized spacial score (nSPS) is 10.9. The van der Waals surface area contributed by atoms with E-state index in [1.165, 1.54) is 0 Å². The smallest absolute Gasteiger partial charge is 0.342 e. The average Bonchev–Trinajstić information content (AvgIpc) is 2.27. The number of nitrogens with one attached hydrogen (secondary N) is 1. The molecule has 1 aromatic rings. The van der Waals surface area contributed by atoms with Crippen molar-refractivity contribution in [3.63, 3.8) is 0 Å². The zero-order valence-electron chi connectivity index (χ0n) is 8.64. The first-order valence-electron chi connectivity index (χ1n) is 4.48. The van der Waals surface area contributed by atoms with E-state index in [-0.39, 0.29) is 4.91 Å². The molecule has 2 N–H and O–H groups in total. The third-order valence-corrected chi connectivity index (χ3v) is 2.47. The molecule has 1 amide bonds. The molecule has 0 atom stereocenters. The highest BCUT2D eigenvalue weighted by Gasteiger charge is 2.08. The van der Waals surface area contributed by atoms with Crippen molar-refractivity contribution >= 4 is 29.3 Å². The first-order chi connectivity index (χ1) is 7.63. The van der Waals surface area contributed by atoms with Gasteiger partial charge in [0.2, 0.25) is 5.91 Å². The first kappa shape index (κ1) is 12.3. The largest absolute Gasteiger partial charge is 0.477 e. The second kappa shape index (κ2) is 5.97. The van der Waals surface area contributed by atoms with E-state index >= 15 is 0 Å². The van der Waals surface area contributed by atoms with Crippen molar-refractivity contribution in [2.75, 3.05) is 11.6 Å². The van der Waals surface area contributed by atoms with Crippen molar-refractivity contribution in [2.45, 2.75) is 0 Å². The van der Waals surface area contributed by atoms with Gasteiger partial charge in [0.05, 0.1) is 4.91 Å². The minimum absolute atomic E-state index is 0.00781. The molecule has 16 heavy (non-hydrogen) atoms. The number of benzene rings is 1. The lowest BCUT2D eigenvalue weighted by Gasteiger charge is -2.02.